The lowest BCUT2D eigenvalue weighted by Crippen LogP contribution is -2.39. The Morgan fingerprint density at radius 1 is 1.26 bits per heavy atom. The van der Waals surface area contributed by atoms with Gasteiger partial charge in [-0.05, 0) is 49.0 Å². The van der Waals surface area contributed by atoms with Crippen LogP contribution < -0.4 is 0 Å². The molecule has 4 heteroatoms. The van der Waals surface area contributed by atoms with Crippen LogP contribution in [0.1, 0.15) is 77.7 Å². The number of rotatable bonds is 13. The van der Waals surface area contributed by atoms with Crippen molar-refractivity contribution >= 4 is 5.97 Å². The van der Waals surface area contributed by atoms with Crippen molar-refractivity contribution in [3.63, 3.8) is 0 Å². The zero-order valence-corrected chi connectivity index (χ0v) is 21.5. The molecule has 0 radical (unpaired) electrons. The second-order valence-electron chi connectivity index (χ2n) is 10.9. The van der Waals surface area contributed by atoms with E-state index in [1.165, 1.54) is 12.7 Å². The fourth-order valence-corrected chi connectivity index (χ4v) is 5.79. The Hall–Kier alpha value is -1.91. The van der Waals surface area contributed by atoms with Gasteiger partial charge in [-0.15, -0.1) is 0 Å². The topological polar surface area (TPSA) is 55.8 Å². The van der Waals surface area contributed by atoms with Crippen LogP contribution in [0.3, 0.4) is 0 Å². The molecule has 0 aromatic heterocycles. The molecule has 2 fully saturated rings. The van der Waals surface area contributed by atoms with Gasteiger partial charge in [0.1, 0.15) is 0 Å². The van der Waals surface area contributed by atoms with Crippen LogP contribution in [0.2, 0.25) is 0 Å². The summed E-state index contributed by atoms with van der Waals surface area (Å²) in [5, 5.41) is 11.0. The molecule has 2 aliphatic rings. The van der Waals surface area contributed by atoms with Crippen LogP contribution in [0, 0.1) is 17.3 Å². The van der Waals surface area contributed by atoms with Gasteiger partial charge in [0.15, 0.2) is 0 Å². The third-order valence-electron chi connectivity index (χ3n) is 8.10. The zero-order chi connectivity index (χ0) is 24.6. The maximum absolute atomic E-state index is 11.3. The number of hydrogen-bond acceptors (Lipinski definition) is 4. The highest BCUT2D eigenvalue weighted by molar-refractivity contribution is 5.69. The van der Waals surface area contributed by atoms with Crippen molar-refractivity contribution in [1.29, 1.82) is 0 Å². The Morgan fingerprint density at radius 2 is 2.03 bits per heavy atom. The smallest absolute Gasteiger partial charge is 0.305 e. The molecule has 34 heavy (non-hydrogen) atoms. The van der Waals surface area contributed by atoms with Crippen LogP contribution in [-0.2, 0) is 19.7 Å². The molecule has 4 nitrogen and oxygen atoms in total. The van der Waals surface area contributed by atoms with E-state index in [0.717, 1.165) is 51.6 Å². The number of aliphatic hydroxyl groups excluding tert-OH is 1. The maximum atomic E-state index is 11.3. The van der Waals surface area contributed by atoms with E-state index < -0.39 is 6.10 Å². The molecular formula is C30H44O4. The highest BCUT2D eigenvalue weighted by atomic mass is 16.5. The summed E-state index contributed by atoms with van der Waals surface area (Å²) in [6.45, 7) is 7.28. The van der Waals surface area contributed by atoms with Crippen molar-refractivity contribution in [3.8, 4) is 0 Å². The van der Waals surface area contributed by atoms with Crippen LogP contribution in [-0.4, -0.2) is 37.0 Å². The summed E-state index contributed by atoms with van der Waals surface area (Å²) < 4.78 is 11.0. The largest absolute Gasteiger partial charge is 0.469 e. The summed E-state index contributed by atoms with van der Waals surface area (Å²) in [6, 6.07) is 10.8. The van der Waals surface area contributed by atoms with Gasteiger partial charge in [-0.2, -0.15) is 0 Å². The Kier molecular flexibility index (Phi) is 9.56. The van der Waals surface area contributed by atoms with E-state index in [-0.39, 0.29) is 28.8 Å². The first kappa shape index (κ1) is 26.7. The summed E-state index contributed by atoms with van der Waals surface area (Å²) >= 11 is 0. The lowest BCUT2D eigenvalue weighted by atomic mass is 9.69. The van der Waals surface area contributed by atoms with Crippen molar-refractivity contribution in [2.45, 2.75) is 89.8 Å². The number of aliphatic hydroxyl groups is 1. The Balaban J connectivity index is 1.74. The van der Waals surface area contributed by atoms with Crippen LogP contribution >= 0.6 is 0 Å². The molecule has 1 aliphatic heterocycles. The normalized spacial score (nSPS) is 27.6. The Morgan fingerprint density at radius 3 is 2.74 bits per heavy atom. The molecule has 1 saturated heterocycles. The summed E-state index contributed by atoms with van der Waals surface area (Å²) in [7, 11) is 1.44. The molecule has 1 saturated carbocycles. The summed E-state index contributed by atoms with van der Waals surface area (Å²) in [6.07, 6.45) is 16.0. The predicted molar refractivity (Wildman–Crippen MR) is 138 cm³/mol. The molecule has 1 aromatic carbocycles. The van der Waals surface area contributed by atoms with E-state index in [1.54, 1.807) is 0 Å². The highest BCUT2D eigenvalue weighted by Crippen LogP contribution is 2.57. The number of ether oxygens (including phenoxy) is 2. The van der Waals surface area contributed by atoms with Crippen LogP contribution in [0.25, 0.3) is 0 Å². The second-order valence-corrected chi connectivity index (χ2v) is 10.9. The van der Waals surface area contributed by atoms with E-state index in [0.29, 0.717) is 12.3 Å². The van der Waals surface area contributed by atoms with E-state index in [2.05, 4.69) is 69.3 Å². The first-order chi connectivity index (χ1) is 16.3. The fourth-order valence-electron chi connectivity index (χ4n) is 5.79. The van der Waals surface area contributed by atoms with Crippen LogP contribution in [0.15, 0.2) is 54.6 Å². The fraction of sp³-hybridized carbons (Fsp3) is 0.633. The third-order valence-corrected chi connectivity index (χ3v) is 8.10. The van der Waals surface area contributed by atoms with Crippen molar-refractivity contribution < 1.29 is 19.4 Å². The number of allylic oxidation sites excluding steroid dienone is 2. The second kappa shape index (κ2) is 12.2. The lowest BCUT2D eigenvalue weighted by molar-refractivity contribution is -0.140. The quantitative estimate of drug-likeness (QED) is 0.207. The van der Waals surface area contributed by atoms with Gasteiger partial charge >= 0.3 is 5.97 Å². The number of methoxy groups -OCH3 is 1. The summed E-state index contributed by atoms with van der Waals surface area (Å²) in [4.78, 5) is 11.3. The molecule has 1 aromatic rings. The molecule has 5 atom stereocenters. The Labute approximate surface area is 206 Å². The molecule has 1 heterocycles. The third kappa shape index (κ3) is 6.20. The standard InChI is InChI=1S/C30H44O4/c1-5-6-20-29(2,3)27(31)19-18-24-25(16-12-7-8-13-17-28(32)33-4)30(21-26(24)34-22-30)23-14-10-9-11-15-23/h7,9-12,14-15,18-19,24-27,31H,5-6,8,13,16-17,20-22H2,1-4H3/b12-7-,19-18+/t24-,25-,26-,27+,30-/m1/s1. The minimum absolute atomic E-state index is 0.0139. The van der Waals surface area contributed by atoms with Gasteiger partial charge in [-0.3, -0.25) is 4.79 Å². The van der Waals surface area contributed by atoms with Crippen molar-refractivity contribution in [1.82, 2.24) is 0 Å². The van der Waals surface area contributed by atoms with Crippen molar-refractivity contribution in [3.05, 3.63) is 60.2 Å². The van der Waals surface area contributed by atoms with Gasteiger partial charge < -0.3 is 14.6 Å². The molecule has 1 N–H and O–H groups in total. The Bertz CT molecular complexity index is 827. The maximum Gasteiger partial charge on any atom is 0.305 e. The first-order valence-electron chi connectivity index (χ1n) is 13.1. The highest BCUT2D eigenvalue weighted by Gasteiger charge is 2.58. The average Bonchev–Trinajstić information content (AvgIpc) is 3.42. The number of carbonyl (C=O) groups is 1. The molecule has 188 valence electrons. The van der Waals surface area contributed by atoms with Gasteiger partial charge in [0.05, 0.1) is 25.9 Å². The molecule has 0 amide bonds. The average molecular weight is 469 g/mol. The number of unbranched alkanes of at least 4 members (excludes halogenated alkanes) is 2. The van der Waals surface area contributed by atoms with Gasteiger partial charge in [0.2, 0.25) is 0 Å². The van der Waals surface area contributed by atoms with Crippen molar-refractivity contribution in [2.75, 3.05) is 13.7 Å². The van der Waals surface area contributed by atoms with Gasteiger partial charge in [-0.1, -0.05) is 88.2 Å². The summed E-state index contributed by atoms with van der Waals surface area (Å²) in [5.41, 5.74) is 1.25. The number of fused-ring (bicyclic) bond motifs is 2. The molecule has 2 bridgehead atoms. The monoisotopic (exact) mass is 468 g/mol. The summed E-state index contributed by atoms with van der Waals surface area (Å²) in [5.74, 6) is 0.560. The van der Waals surface area contributed by atoms with Gasteiger partial charge in [-0.25, -0.2) is 0 Å². The van der Waals surface area contributed by atoms with E-state index in [4.69, 9.17) is 9.47 Å². The lowest BCUT2D eigenvalue weighted by Gasteiger charge is -2.38. The van der Waals surface area contributed by atoms with Crippen molar-refractivity contribution in [2.24, 2.45) is 17.3 Å². The van der Waals surface area contributed by atoms with Crippen LogP contribution in [0.5, 0.6) is 0 Å². The first-order valence-corrected chi connectivity index (χ1v) is 13.1. The number of esters is 1. The SMILES string of the molecule is CCCCC(C)(C)[C@@H](O)/C=C/[C@@H]1[C@@H](C/C=C\CCCC(=O)OC)[C@@]2(c3ccccc3)CO[C@@H]1C2. The number of carbonyl (C=O) groups excluding carboxylic acids is 1. The molecule has 3 rings (SSSR count). The molecule has 1 aliphatic carbocycles. The van der Waals surface area contributed by atoms with Gasteiger partial charge in [0, 0.05) is 17.8 Å². The minimum atomic E-state index is -0.458. The van der Waals surface area contributed by atoms with Gasteiger partial charge in [0.25, 0.3) is 0 Å². The number of benzene rings is 1. The molecule has 0 unspecified atom stereocenters. The predicted octanol–water partition coefficient (Wildman–Crippen LogP) is 6.38. The molecular weight excluding hydrogens is 424 g/mol. The van der Waals surface area contributed by atoms with E-state index >= 15 is 0 Å². The zero-order valence-electron chi connectivity index (χ0n) is 21.5. The molecule has 0 spiro atoms. The number of hydrogen-bond donors (Lipinski definition) is 1. The van der Waals surface area contributed by atoms with E-state index in [1.807, 2.05) is 6.08 Å². The van der Waals surface area contributed by atoms with Crippen LogP contribution in [0.4, 0.5) is 0 Å². The van der Waals surface area contributed by atoms with E-state index in [9.17, 15) is 9.90 Å². The minimum Gasteiger partial charge on any atom is -0.469 e.